The van der Waals surface area contributed by atoms with Crippen LogP contribution in [0.1, 0.15) is 12.8 Å². The van der Waals surface area contributed by atoms with Gasteiger partial charge in [0, 0.05) is 39.1 Å². The number of nitrogens with zero attached hydrogens (tertiary/aromatic N) is 5. The van der Waals surface area contributed by atoms with Gasteiger partial charge in [-0.05, 0) is 18.6 Å². The van der Waals surface area contributed by atoms with Crippen LogP contribution in [0.25, 0.3) is 0 Å². The summed E-state index contributed by atoms with van der Waals surface area (Å²) in [5.41, 5.74) is 0. The van der Waals surface area contributed by atoms with E-state index in [2.05, 4.69) is 10.1 Å². The van der Waals surface area contributed by atoms with Gasteiger partial charge < -0.3 is 4.90 Å². The molecule has 1 fully saturated rings. The minimum absolute atomic E-state index is 0.0383. The molecule has 1 amide bonds. The molecule has 0 spiro atoms. The van der Waals surface area contributed by atoms with Gasteiger partial charge in [0.05, 0.1) is 4.34 Å². The van der Waals surface area contributed by atoms with Crippen molar-refractivity contribution in [2.75, 3.05) is 26.2 Å². The van der Waals surface area contributed by atoms with Crippen molar-refractivity contribution in [1.82, 2.24) is 24.0 Å². The monoisotopic (exact) mass is 403 g/mol. The molecule has 1 saturated heterocycles. The fourth-order valence-electron chi connectivity index (χ4n) is 2.64. The van der Waals surface area contributed by atoms with Crippen LogP contribution in [-0.4, -0.2) is 64.5 Å². The Morgan fingerprint density at radius 3 is 2.60 bits per heavy atom. The first kappa shape index (κ1) is 18.3. The van der Waals surface area contributed by atoms with E-state index in [9.17, 15) is 13.2 Å². The van der Waals surface area contributed by atoms with E-state index in [4.69, 9.17) is 11.6 Å². The maximum atomic E-state index is 12.5. The number of rotatable bonds is 6. The van der Waals surface area contributed by atoms with Gasteiger partial charge in [0.25, 0.3) is 10.0 Å². The zero-order valence-corrected chi connectivity index (χ0v) is 15.8. The van der Waals surface area contributed by atoms with Crippen LogP contribution in [0.5, 0.6) is 0 Å². The van der Waals surface area contributed by atoms with Crippen LogP contribution in [0.4, 0.5) is 0 Å². The number of hydrogen-bond acceptors (Lipinski definition) is 6. The van der Waals surface area contributed by atoms with E-state index in [0.717, 1.165) is 11.3 Å². The molecule has 0 aliphatic carbocycles. The van der Waals surface area contributed by atoms with Gasteiger partial charge in [0.15, 0.2) is 0 Å². The van der Waals surface area contributed by atoms with Crippen LogP contribution in [-0.2, 0) is 21.4 Å². The summed E-state index contributed by atoms with van der Waals surface area (Å²) in [5.74, 6) is 0.0383. The lowest BCUT2D eigenvalue weighted by molar-refractivity contribution is -0.132. The van der Waals surface area contributed by atoms with Crippen LogP contribution in [0, 0.1) is 0 Å². The van der Waals surface area contributed by atoms with Crippen LogP contribution in [0.15, 0.2) is 29.0 Å². The third-order valence-electron chi connectivity index (χ3n) is 3.98. The molecule has 0 saturated carbocycles. The number of aryl methyl sites for hydroxylation is 1. The van der Waals surface area contributed by atoms with E-state index in [-0.39, 0.29) is 10.1 Å². The van der Waals surface area contributed by atoms with E-state index >= 15 is 0 Å². The minimum atomic E-state index is -3.53. The van der Waals surface area contributed by atoms with Gasteiger partial charge >= 0.3 is 0 Å². The highest BCUT2D eigenvalue weighted by atomic mass is 35.5. The third kappa shape index (κ3) is 4.38. The second kappa shape index (κ2) is 7.81. The maximum absolute atomic E-state index is 12.5. The zero-order chi connectivity index (χ0) is 17.9. The minimum Gasteiger partial charge on any atom is -0.340 e. The van der Waals surface area contributed by atoms with Gasteiger partial charge in [-0.15, -0.1) is 11.3 Å². The fraction of sp³-hybridized carbons (Fsp3) is 0.500. The van der Waals surface area contributed by atoms with Crippen LogP contribution >= 0.6 is 22.9 Å². The molecule has 136 valence electrons. The molecule has 1 aliphatic rings. The highest BCUT2D eigenvalue weighted by Gasteiger charge is 2.30. The van der Waals surface area contributed by atoms with Crippen molar-refractivity contribution in [1.29, 1.82) is 0 Å². The molecule has 25 heavy (non-hydrogen) atoms. The molecule has 0 aromatic carbocycles. The Morgan fingerprint density at radius 2 is 2.00 bits per heavy atom. The predicted octanol–water partition coefficient (Wildman–Crippen LogP) is 1.31. The molecule has 2 aromatic rings. The van der Waals surface area contributed by atoms with Gasteiger partial charge in [0.1, 0.15) is 16.9 Å². The average molecular weight is 404 g/mol. The van der Waals surface area contributed by atoms with E-state index in [1.807, 2.05) is 0 Å². The summed E-state index contributed by atoms with van der Waals surface area (Å²) in [5, 5.41) is 3.99. The highest BCUT2D eigenvalue weighted by Crippen LogP contribution is 2.28. The fourth-order valence-corrected chi connectivity index (χ4v) is 5.70. The number of amides is 1. The lowest BCUT2D eigenvalue weighted by Gasteiger charge is -2.33. The number of hydrogen-bond donors (Lipinski definition) is 0. The van der Waals surface area contributed by atoms with Crippen LogP contribution < -0.4 is 0 Å². The van der Waals surface area contributed by atoms with Crippen molar-refractivity contribution < 1.29 is 13.2 Å². The van der Waals surface area contributed by atoms with Gasteiger partial charge in [-0.3, -0.25) is 9.48 Å². The Kier molecular flexibility index (Phi) is 5.72. The Labute approximate surface area is 155 Å². The molecule has 3 rings (SSSR count). The normalized spacial score (nSPS) is 16.3. The van der Waals surface area contributed by atoms with Crippen molar-refractivity contribution in [2.45, 2.75) is 23.6 Å². The van der Waals surface area contributed by atoms with Crippen molar-refractivity contribution >= 4 is 38.9 Å². The molecular weight excluding hydrogens is 386 g/mol. The van der Waals surface area contributed by atoms with Crippen molar-refractivity contribution in [3.05, 3.63) is 29.1 Å². The number of aromatic nitrogens is 3. The molecule has 8 nitrogen and oxygen atoms in total. The summed E-state index contributed by atoms with van der Waals surface area (Å²) >= 11 is 6.88. The number of sulfonamides is 1. The number of carbonyl (C=O) groups is 1. The lowest BCUT2D eigenvalue weighted by atomic mass is 10.2. The lowest BCUT2D eigenvalue weighted by Crippen LogP contribution is -2.50. The Hall–Kier alpha value is -1.49. The number of piperazine rings is 1. The molecule has 1 aliphatic heterocycles. The second-order valence-corrected chi connectivity index (χ2v) is 9.49. The van der Waals surface area contributed by atoms with E-state index in [0.29, 0.717) is 49.9 Å². The van der Waals surface area contributed by atoms with E-state index < -0.39 is 10.0 Å². The Bertz CT molecular complexity index is 813. The number of carbonyl (C=O) groups excluding carboxylic acids is 1. The van der Waals surface area contributed by atoms with Crippen molar-refractivity contribution in [3.8, 4) is 0 Å². The zero-order valence-electron chi connectivity index (χ0n) is 13.4. The third-order valence-corrected chi connectivity index (χ3v) is 7.58. The summed E-state index contributed by atoms with van der Waals surface area (Å²) in [6.45, 7) is 2.04. The standard InChI is InChI=1S/C14H18ClN5O3S2/c15-12-3-4-14(24-12)25(22,23)20-8-6-18(7-9-20)13(21)2-1-5-19-11-16-10-17-19/h3-4,10-11H,1-2,5-9H2. The molecule has 0 radical (unpaired) electrons. The Balaban J connectivity index is 1.48. The van der Waals surface area contributed by atoms with E-state index in [1.165, 1.54) is 16.7 Å². The van der Waals surface area contributed by atoms with Crippen LogP contribution in [0.2, 0.25) is 4.34 Å². The average Bonchev–Trinajstić information content (AvgIpc) is 3.27. The molecule has 11 heteroatoms. The first-order valence-electron chi connectivity index (χ1n) is 7.82. The van der Waals surface area contributed by atoms with Crippen LogP contribution in [0.3, 0.4) is 0 Å². The summed E-state index contributed by atoms with van der Waals surface area (Å²) in [6.07, 6.45) is 4.16. The molecular formula is C14H18ClN5O3S2. The molecule has 0 unspecified atom stereocenters. The summed E-state index contributed by atoms with van der Waals surface area (Å²) in [7, 11) is -3.53. The first-order valence-corrected chi connectivity index (χ1v) is 10.5. The summed E-state index contributed by atoms with van der Waals surface area (Å²) in [6, 6.07) is 3.10. The largest absolute Gasteiger partial charge is 0.340 e. The van der Waals surface area contributed by atoms with Crippen molar-refractivity contribution in [3.63, 3.8) is 0 Å². The van der Waals surface area contributed by atoms with Gasteiger partial charge in [-0.2, -0.15) is 9.40 Å². The molecule has 0 bridgehead atoms. The second-order valence-electron chi connectivity index (χ2n) is 5.61. The van der Waals surface area contributed by atoms with Gasteiger partial charge in [-0.1, -0.05) is 11.6 Å². The SMILES string of the molecule is O=C(CCCn1cncn1)N1CCN(S(=O)(=O)c2ccc(Cl)s2)CC1. The maximum Gasteiger partial charge on any atom is 0.252 e. The number of thiophene rings is 1. The molecule has 0 N–H and O–H groups in total. The van der Waals surface area contributed by atoms with Gasteiger partial charge in [0.2, 0.25) is 5.91 Å². The predicted molar refractivity (Wildman–Crippen MR) is 93.9 cm³/mol. The smallest absolute Gasteiger partial charge is 0.252 e. The molecule has 3 heterocycles. The van der Waals surface area contributed by atoms with Gasteiger partial charge in [-0.25, -0.2) is 13.4 Å². The summed E-state index contributed by atoms with van der Waals surface area (Å²) in [4.78, 5) is 17.8. The van der Waals surface area contributed by atoms with E-state index in [1.54, 1.807) is 22.0 Å². The molecule has 2 aromatic heterocycles. The molecule has 0 atom stereocenters. The first-order chi connectivity index (χ1) is 12.0. The quantitative estimate of drug-likeness (QED) is 0.725. The highest BCUT2D eigenvalue weighted by molar-refractivity contribution is 7.91. The Morgan fingerprint density at radius 1 is 1.24 bits per heavy atom. The summed E-state index contributed by atoms with van der Waals surface area (Å²) < 4.78 is 28.9. The van der Waals surface area contributed by atoms with Crippen molar-refractivity contribution in [2.24, 2.45) is 0 Å². The number of halogens is 1. The topological polar surface area (TPSA) is 88.4 Å².